The van der Waals surface area contributed by atoms with Crippen LogP contribution in [0.1, 0.15) is 21.5 Å². The highest BCUT2D eigenvalue weighted by Gasteiger charge is 2.31. The smallest absolute Gasteiger partial charge is 0.193 e. The minimum atomic E-state index is -1.51. The van der Waals surface area contributed by atoms with Gasteiger partial charge in [0.05, 0.1) is 0 Å². The van der Waals surface area contributed by atoms with Crippen LogP contribution in [0.15, 0.2) is 182 Å². The number of pyridine rings is 1. The van der Waals surface area contributed by atoms with Gasteiger partial charge in [0, 0.05) is 48.9 Å². The van der Waals surface area contributed by atoms with Gasteiger partial charge in [-0.2, -0.15) is 21.9 Å². The summed E-state index contributed by atoms with van der Waals surface area (Å²) in [4.78, 5) is 12.3. The first-order valence-electron chi connectivity index (χ1n) is 16.2. The SMILES string of the molecule is Clc1ccc([B-](c2ccc(Cl)cc2)(c2ccc(Cl)cc2)c2ccc(Cl)cc2)cc1.O=C(c1ccccc1)c1ccc(C[n+]2ccccc2)cc1. The molecule has 0 aliphatic rings. The number of halogens is 4. The summed E-state index contributed by atoms with van der Waals surface area (Å²) in [6, 6.07) is 55.3. The van der Waals surface area contributed by atoms with Crippen LogP contribution in [0, 0.1) is 0 Å². The first-order chi connectivity index (χ1) is 24.3. The Kier molecular flexibility index (Phi) is 11.5. The fourth-order valence-electron chi connectivity index (χ4n) is 6.43. The van der Waals surface area contributed by atoms with Crippen molar-refractivity contribution < 1.29 is 9.36 Å². The van der Waals surface area contributed by atoms with Gasteiger partial charge in [-0.1, -0.05) is 156 Å². The molecule has 0 fully saturated rings. The molecular weight excluding hydrogens is 699 g/mol. The summed E-state index contributed by atoms with van der Waals surface area (Å²) in [5.41, 5.74) is 7.19. The first kappa shape index (κ1) is 35.2. The number of nitrogens with zero attached hydrogens (tertiary/aromatic N) is 1. The van der Waals surface area contributed by atoms with E-state index in [2.05, 4.69) is 53.1 Å². The van der Waals surface area contributed by atoms with Crippen molar-refractivity contribution in [2.24, 2.45) is 0 Å². The summed E-state index contributed by atoms with van der Waals surface area (Å²) in [6.45, 7) is 0.806. The van der Waals surface area contributed by atoms with E-state index in [0.717, 1.165) is 39.5 Å². The number of hydrogen-bond acceptors (Lipinski definition) is 1. The van der Waals surface area contributed by atoms with Crippen LogP contribution in [-0.2, 0) is 6.54 Å². The van der Waals surface area contributed by atoms with Gasteiger partial charge < -0.3 is 0 Å². The second-order valence-electron chi connectivity index (χ2n) is 12.0. The molecule has 0 amide bonds. The fraction of sp³-hybridized carbons (Fsp3) is 0.0233. The molecule has 7 rings (SSSR count). The number of aromatic nitrogens is 1. The second kappa shape index (κ2) is 16.4. The van der Waals surface area contributed by atoms with Crippen LogP contribution in [0.2, 0.25) is 20.1 Å². The van der Waals surface area contributed by atoms with Gasteiger partial charge in [0.25, 0.3) is 0 Å². The highest BCUT2D eigenvalue weighted by atomic mass is 35.5. The number of carbonyl (C=O) groups is 1. The minimum Gasteiger partial charge on any atom is -0.289 e. The van der Waals surface area contributed by atoms with Crippen LogP contribution >= 0.6 is 46.4 Å². The zero-order valence-electron chi connectivity index (χ0n) is 27.0. The van der Waals surface area contributed by atoms with Crippen LogP contribution in [0.5, 0.6) is 0 Å². The van der Waals surface area contributed by atoms with Crippen molar-refractivity contribution in [3.8, 4) is 0 Å². The molecule has 0 N–H and O–H groups in total. The van der Waals surface area contributed by atoms with E-state index in [1.807, 2.05) is 134 Å². The lowest BCUT2D eigenvalue weighted by Gasteiger charge is -2.44. The Hall–Kier alpha value is -4.64. The summed E-state index contributed by atoms with van der Waals surface area (Å²) < 4.78 is 2.11. The van der Waals surface area contributed by atoms with Gasteiger partial charge in [-0.3, -0.25) is 4.79 Å². The standard InChI is InChI=1S/C24H16BCl4.C19H16NO/c26-21-9-1-17(2-10-21)25(18-3-11-22(27)12-4-18,19-5-13-23(28)14-6-19)20-7-15-24(29)16-8-20;21-19(17-7-3-1-4-8-17)18-11-9-16(10-12-18)15-20-13-5-2-6-14-20/h1-16H;1-14H,15H2/q-1;+1. The number of carbonyl (C=O) groups excluding carboxylic acids is 1. The average molecular weight is 731 g/mol. The lowest BCUT2D eigenvalue weighted by Crippen LogP contribution is -2.74. The van der Waals surface area contributed by atoms with Crippen molar-refractivity contribution in [3.63, 3.8) is 0 Å². The van der Waals surface area contributed by atoms with Crippen molar-refractivity contribution in [2.75, 3.05) is 0 Å². The molecule has 246 valence electrons. The highest BCUT2D eigenvalue weighted by molar-refractivity contribution is 7.19. The first-order valence-corrected chi connectivity index (χ1v) is 17.7. The molecule has 2 nitrogen and oxygen atoms in total. The van der Waals surface area contributed by atoms with E-state index in [9.17, 15) is 4.79 Å². The van der Waals surface area contributed by atoms with Gasteiger partial charge in [0.2, 0.25) is 0 Å². The van der Waals surface area contributed by atoms with Crippen molar-refractivity contribution >= 4 is 80.2 Å². The third kappa shape index (κ3) is 8.21. The maximum Gasteiger partial charge on any atom is 0.193 e. The van der Waals surface area contributed by atoms with Gasteiger partial charge >= 0.3 is 0 Å². The second-order valence-corrected chi connectivity index (χ2v) is 13.8. The molecule has 0 bridgehead atoms. The van der Waals surface area contributed by atoms with E-state index in [4.69, 9.17) is 46.4 Å². The average Bonchev–Trinajstić information content (AvgIpc) is 3.16. The molecule has 7 heteroatoms. The summed E-state index contributed by atoms with van der Waals surface area (Å²) in [6.07, 6.45) is 2.55. The van der Waals surface area contributed by atoms with E-state index in [1.54, 1.807) is 0 Å². The zero-order valence-corrected chi connectivity index (χ0v) is 30.0. The molecule has 0 saturated heterocycles. The van der Waals surface area contributed by atoms with Crippen LogP contribution in [-0.4, -0.2) is 11.9 Å². The monoisotopic (exact) mass is 729 g/mol. The molecule has 0 aliphatic carbocycles. The van der Waals surface area contributed by atoms with Crippen molar-refractivity contribution in [2.45, 2.75) is 6.54 Å². The lowest BCUT2D eigenvalue weighted by atomic mass is 9.13. The Morgan fingerprint density at radius 1 is 0.420 bits per heavy atom. The Bertz CT molecular complexity index is 1950. The van der Waals surface area contributed by atoms with E-state index in [1.165, 1.54) is 5.56 Å². The van der Waals surface area contributed by atoms with E-state index in [-0.39, 0.29) is 5.78 Å². The zero-order chi connectivity index (χ0) is 34.9. The third-order valence-corrected chi connectivity index (χ3v) is 9.88. The topological polar surface area (TPSA) is 20.9 Å². The van der Waals surface area contributed by atoms with Crippen molar-refractivity contribution in [3.05, 3.63) is 219 Å². The molecule has 0 aliphatic heterocycles. The molecule has 6 aromatic carbocycles. The third-order valence-electron chi connectivity index (χ3n) is 8.87. The maximum atomic E-state index is 12.3. The van der Waals surface area contributed by atoms with Gasteiger partial charge in [0.1, 0.15) is 6.15 Å². The summed E-state index contributed by atoms with van der Waals surface area (Å²) in [5, 5.41) is 2.78. The highest BCUT2D eigenvalue weighted by Crippen LogP contribution is 2.17. The van der Waals surface area contributed by atoms with E-state index in [0.29, 0.717) is 20.1 Å². The number of rotatable bonds is 8. The Balaban J connectivity index is 0.000000182. The number of hydrogen-bond donors (Lipinski definition) is 0. The minimum absolute atomic E-state index is 0.0644. The molecule has 0 atom stereocenters. The quantitative estimate of drug-likeness (QED) is 0.0870. The molecule has 50 heavy (non-hydrogen) atoms. The van der Waals surface area contributed by atoms with Crippen LogP contribution in [0.4, 0.5) is 0 Å². The van der Waals surface area contributed by atoms with Gasteiger partial charge in [-0.25, -0.2) is 4.57 Å². The van der Waals surface area contributed by atoms with Gasteiger partial charge in [-0.05, 0) is 48.5 Å². The molecule has 7 aromatic rings. The molecule has 1 heterocycles. The van der Waals surface area contributed by atoms with Crippen molar-refractivity contribution in [1.82, 2.24) is 0 Å². The Morgan fingerprint density at radius 2 is 0.760 bits per heavy atom. The van der Waals surface area contributed by atoms with E-state index < -0.39 is 6.15 Å². The normalized spacial score (nSPS) is 11.0. The van der Waals surface area contributed by atoms with Gasteiger partial charge in [0.15, 0.2) is 24.7 Å². The predicted molar refractivity (Wildman–Crippen MR) is 212 cm³/mol. The van der Waals surface area contributed by atoms with Gasteiger partial charge in [-0.15, -0.1) is 0 Å². The summed E-state index contributed by atoms with van der Waals surface area (Å²) in [5.74, 6) is 0.0644. The molecule has 0 radical (unpaired) electrons. The fourth-order valence-corrected chi connectivity index (χ4v) is 6.93. The van der Waals surface area contributed by atoms with Crippen LogP contribution < -0.4 is 26.4 Å². The Morgan fingerprint density at radius 3 is 1.14 bits per heavy atom. The molecular formula is C43H32BCl4NO. The number of benzene rings is 6. The number of ketones is 1. The summed E-state index contributed by atoms with van der Waals surface area (Å²) in [7, 11) is 0. The predicted octanol–water partition coefficient (Wildman–Crippen LogP) is 8.93. The van der Waals surface area contributed by atoms with Crippen LogP contribution in [0.25, 0.3) is 0 Å². The lowest BCUT2D eigenvalue weighted by molar-refractivity contribution is -0.688. The Labute approximate surface area is 313 Å². The van der Waals surface area contributed by atoms with E-state index >= 15 is 0 Å². The van der Waals surface area contributed by atoms with Crippen LogP contribution in [0.3, 0.4) is 0 Å². The molecule has 0 spiro atoms. The maximum absolute atomic E-state index is 12.3. The molecule has 1 aromatic heterocycles. The van der Waals surface area contributed by atoms with Crippen molar-refractivity contribution in [1.29, 1.82) is 0 Å². The molecule has 0 unspecified atom stereocenters. The largest absolute Gasteiger partial charge is 0.289 e. The summed E-state index contributed by atoms with van der Waals surface area (Å²) >= 11 is 24.9. The molecule has 0 saturated carbocycles.